The summed E-state index contributed by atoms with van der Waals surface area (Å²) in [5.74, 6) is 0.269. The molecule has 1 aliphatic heterocycles. The van der Waals surface area contributed by atoms with Crippen LogP contribution in [-0.4, -0.2) is 59.3 Å². The fourth-order valence-electron chi connectivity index (χ4n) is 4.73. The van der Waals surface area contributed by atoms with E-state index in [0.717, 1.165) is 30.5 Å². The van der Waals surface area contributed by atoms with Gasteiger partial charge in [-0.2, -0.15) is 5.10 Å². The molecule has 7 nitrogen and oxygen atoms in total. The molecule has 1 fully saturated rings. The van der Waals surface area contributed by atoms with E-state index >= 15 is 0 Å². The average Bonchev–Trinajstić information content (AvgIpc) is 3.39. The van der Waals surface area contributed by atoms with Crippen molar-refractivity contribution < 1.29 is 14.3 Å². The molecule has 7 heteroatoms. The Bertz CT molecular complexity index is 1120. The first-order valence-electron chi connectivity index (χ1n) is 12.9. The number of ether oxygens (including phenoxy) is 1. The molecule has 0 spiro atoms. The number of para-hydroxylation sites is 1. The predicted molar refractivity (Wildman–Crippen MR) is 141 cm³/mol. The van der Waals surface area contributed by atoms with E-state index in [1.165, 1.54) is 0 Å². The number of piperidine rings is 1. The summed E-state index contributed by atoms with van der Waals surface area (Å²) in [4.78, 5) is 28.2. The fourth-order valence-corrected chi connectivity index (χ4v) is 4.73. The zero-order valence-electron chi connectivity index (χ0n) is 21.2. The van der Waals surface area contributed by atoms with E-state index < -0.39 is 0 Å². The largest absolute Gasteiger partial charge is 0.382 e. The molecule has 2 aromatic carbocycles. The number of amides is 2. The SMILES string of the molecule is CCOCCCNC(=O)C(C)C1CCN(C(=O)c2cn(-c3ccccc3)nc2-c2ccccc2)CC1. The van der Waals surface area contributed by atoms with E-state index in [2.05, 4.69) is 5.32 Å². The smallest absolute Gasteiger partial charge is 0.257 e. The normalized spacial score (nSPS) is 15.0. The second-order valence-electron chi connectivity index (χ2n) is 9.30. The number of hydrogen-bond donors (Lipinski definition) is 1. The summed E-state index contributed by atoms with van der Waals surface area (Å²) in [5, 5.41) is 7.82. The van der Waals surface area contributed by atoms with Gasteiger partial charge in [-0.1, -0.05) is 55.5 Å². The van der Waals surface area contributed by atoms with Crippen LogP contribution in [0.5, 0.6) is 0 Å². The number of nitrogens with zero attached hydrogens (tertiary/aromatic N) is 3. The van der Waals surface area contributed by atoms with Crippen molar-refractivity contribution in [3.63, 3.8) is 0 Å². The zero-order valence-corrected chi connectivity index (χ0v) is 21.2. The maximum atomic E-state index is 13.7. The predicted octanol–water partition coefficient (Wildman–Crippen LogP) is 4.57. The molecule has 1 atom stereocenters. The van der Waals surface area contributed by atoms with Crippen LogP contribution in [0.15, 0.2) is 66.9 Å². The molecule has 2 amide bonds. The number of hydrogen-bond acceptors (Lipinski definition) is 4. The molecule has 2 heterocycles. The van der Waals surface area contributed by atoms with Crippen LogP contribution in [0.1, 0.15) is 43.5 Å². The maximum absolute atomic E-state index is 13.7. The van der Waals surface area contributed by atoms with Crippen molar-refractivity contribution in [1.82, 2.24) is 20.0 Å². The molecule has 0 bridgehead atoms. The lowest BCUT2D eigenvalue weighted by Crippen LogP contribution is -2.43. The fraction of sp³-hybridized carbons (Fsp3) is 0.414. The number of likely N-dealkylation sites (tertiary alicyclic amines) is 1. The van der Waals surface area contributed by atoms with Gasteiger partial charge in [-0.05, 0) is 44.2 Å². The minimum Gasteiger partial charge on any atom is -0.382 e. The van der Waals surface area contributed by atoms with Crippen LogP contribution in [0.2, 0.25) is 0 Å². The third-order valence-electron chi connectivity index (χ3n) is 6.93. The van der Waals surface area contributed by atoms with Crippen molar-refractivity contribution in [2.24, 2.45) is 11.8 Å². The first-order chi connectivity index (χ1) is 17.6. The third kappa shape index (κ3) is 6.21. The number of rotatable bonds is 10. The van der Waals surface area contributed by atoms with Crippen molar-refractivity contribution in [3.8, 4) is 16.9 Å². The summed E-state index contributed by atoms with van der Waals surface area (Å²) >= 11 is 0. The quantitative estimate of drug-likeness (QED) is 0.424. The van der Waals surface area contributed by atoms with Crippen LogP contribution in [0, 0.1) is 11.8 Å². The average molecular weight is 489 g/mol. The second-order valence-corrected chi connectivity index (χ2v) is 9.30. The summed E-state index contributed by atoms with van der Waals surface area (Å²) < 4.78 is 7.11. The first kappa shape index (κ1) is 25.6. The highest BCUT2D eigenvalue weighted by atomic mass is 16.5. The topological polar surface area (TPSA) is 76.5 Å². The maximum Gasteiger partial charge on any atom is 0.257 e. The number of carbonyl (C=O) groups is 2. The molecule has 1 unspecified atom stereocenters. The molecule has 1 aromatic heterocycles. The standard InChI is InChI=1S/C29H36N4O3/c1-3-36-20-10-17-30-28(34)22(2)23-15-18-32(19-16-23)29(35)26-21-33(25-13-8-5-9-14-25)31-27(26)24-11-6-4-7-12-24/h4-9,11-14,21-23H,3,10,15-20H2,1-2H3,(H,30,34). The molecule has 0 radical (unpaired) electrons. The van der Waals surface area contributed by atoms with Crippen LogP contribution in [0.3, 0.4) is 0 Å². The highest BCUT2D eigenvalue weighted by molar-refractivity contribution is 6.00. The Morgan fingerprint density at radius 1 is 1.06 bits per heavy atom. The zero-order chi connectivity index (χ0) is 25.3. The first-order valence-corrected chi connectivity index (χ1v) is 12.9. The molecular weight excluding hydrogens is 452 g/mol. The van der Waals surface area contributed by atoms with Crippen molar-refractivity contribution >= 4 is 11.8 Å². The van der Waals surface area contributed by atoms with Crippen LogP contribution in [0.25, 0.3) is 16.9 Å². The Morgan fingerprint density at radius 2 is 1.72 bits per heavy atom. The number of benzene rings is 2. The molecule has 4 rings (SSSR count). The summed E-state index contributed by atoms with van der Waals surface area (Å²) in [6.07, 6.45) is 4.28. The van der Waals surface area contributed by atoms with Gasteiger partial charge in [0.05, 0.1) is 11.3 Å². The molecular formula is C29H36N4O3. The van der Waals surface area contributed by atoms with Gasteiger partial charge < -0.3 is 15.0 Å². The van der Waals surface area contributed by atoms with E-state index in [-0.39, 0.29) is 23.7 Å². The van der Waals surface area contributed by atoms with E-state index in [9.17, 15) is 9.59 Å². The van der Waals surface area contributed by atoms with E-state index in [1.54, 1.807) is 4.68 Å². The van der Waals surface area contributed by atoms with Crippen LogP contribution >= 0.6 is 0 Å². The number of aromatic nitrogens is 2. The lowest BCUT2D eigenvalue weighted by molar-refractivity contribution is -0.126. The summed E-state index contributed by atoms with van der Waals surface area (Å²) in [5.41, 5.74) is 3.11. The van der Waals surface area contributed by atoms with Gasteiger partial charge >= 0.3 is 0 Å². The second kappa shape index (κ2) is 12.5. The van der Waals surface area contributed by atoms with Crippen molar-refractivity contribution in [1.29, 1.82) is 0 Å². The van der Waals surface area contributed by atoms with Gasteiger partial charge in [0.15, 0.2) is 0 Å². The summed E-state index contributed by atoms with van der Waals surface area (Å²) in [6.45, 7) is 7.23. The van der Waals surface area contributed by atoms with Crippen LogP contribution in [-0.2, 0) is 9.53 Å². The minimum atomic E-state index is -0.0740. The van der Waals surface area contributed by atoms with E-state index in [0.29, 0.717) is 44.1 Å². The molecule has 1 aliphatic rings. The van der Waals surface area contributed by atoms with Gasteiger partial charge in [0, 0.05) is 50.5 Å². The van der Waals surface area contributed by atoms with Crippen molar-refractivity contribution in [2.45, 2.75) is 33.1 Å². The molecule has 3 aromatic rings. The number of nitrogens with one attached hydrogen (secondary N) is 1. The summed E-state index contributed by atoms with van der Waals surface area (Å²) in [7, 11) is 0. The molecule has 0 aliphatic carbocycles. The minimum absolute atomic E-state index is 0.0116. The van der Waals surface area contributed by atoms with Crippen LogP contribution in [0.4, 0.5) is 0 Å². The highest BCUT2D eigenvalue weighted by Crippen LogP contribution is 2.29. The lowest BCUT2D eigenvalue weighted by atomic mass is 9.84. The Kier molecular flexibility index (Phi) is 8.90. The van der Waals surface area contributed by atoms with E-state index in [4.69, 9.17) is 9.84 Å². The Balaban J connectivity index is 1.42. The van der Waals surface area contributed by atoms with Gasteiger partial charge in [-0.25, -0.2) is 4.68 Å². The molecule has 1 saturated heterocycles. The Labute approximate surface area is 213 Å². The summed E-state index contributed by atoms with van der Waals surface area (Å²) in [6, 6.07) is 19.7. The van der Waals surface area contributed by atoms with Crippen molar-refractivity contribution in [2.75, 3.05) is 32.8 Å². The van der Waals surface area contributed by atoms with Gasteiger partial charge in [-0.15, -0.1) is 0 Å². The highest BCUT2D eigenvalue weighted by Gasteiger charge is 2.31. The molecule has 1 N–H and O–H groups in total. The Hall–Kier alpha value is -3.45. The van der Waals surface area contributed by atoms with E-state index in [1.807, 2.05) is 85.6 Å². The Morgan fingerprint density at radius 3 is 2.39 bits per heavy atom. The van der Waals surface area contributed by atoms with Crippen molar-refractivity contribution in [3.05, 3.63) is 72.4 Å². The molecule has 36 heavy (non-hydrogen) atoms. The number of carbonyl (C=O) groups excluding carboxylic acids is 2. The molecule has 190 valence electrons. The van der Waals surface area contributed by atoms with Gasteiger partial charge in [0.2, 0.25) is 5.91 Å². The third-order valence-corrected chi connectivity index (χ3v) is 6.93. The van der Waals surface area contributed by atoms with Gasteiger partial charge in [-0.3, -0.25) is 9.59 Å². The monoisotopic (exact) mass is 488 g/mol. The van der Waals surface area contributed by atoms with Crippen LogP contribution < -0.4 is 5.32 Å². The van der Waals surface area contributed by atoms with Gasteiger partial charge in [0.1, 0.15) is 5.69 Å². The van der Waals surface area contributed by atoms with Gasteiger partial charge in [0.25, 0.3) is 5.91 Å². The lowest BCUT2D eigenvalue weighted by Gasteiger charge is -2.34. The molecule has 0 saturated carbocycles.